The van der Waals surface area contributed by atoms with Crippen molar-refractivity contribution in [1.29, 1.82) is 0 Å². The summed E-state index contributed by atoms with van der Waals surface area (Å²) in [6, 6.07) is 10.9. The number of rotatable bonds is 7. The SMILES string of the molecule is COc1cccc(CCc2c(C(=O)O)ccc(OC)c2OC)c1. The summed E-state index contributed by atoms with van der Waals surface area (Å²) in [4.78, 5) is 11.5. The average molecular weight is 316 g/mol. The largest absolute Gasteiger partial charge is 0.497 e. The highest BCUT2D eigenvalue weighted by Crippen LogP contribution is 2.34. The fourth-order valence-electron chi connectivity index (χ4n) is 2.54. The smallest absolute Gasteiger partial charge is 0.336 e. The number of hydrogen-bond donors (Lipinski definition) is 1. The van der Waals surface area contributed by atoms with Gasteiger partial charge in [-0.3, -0.25) is 0 Å². The van der Waals surface area contributed by atoms with Gasteiger partial charge in [0.25, 0.3) is 0 Å². The number of aromatic carboxylic acids is 1. The minimum absolute atomic E-state index is 0.227. The molecule has 0 fully saturated rings. The molecule has 0 aliphatic carbocycles. The van der Waals surface area contributed by atoms with Gasteiger partial charge in [-0.15, -0.1) is 0 Å². The quantitative estimate of drug-likeness (QED) is 0.850. The number of carboxylic acids is 1. The molecule has 122 valence electrons. The molecule has 0 saturated heterocycles. The molecule has 0 unspecified atom stereocenters. The predicted molar refractivity (Wildman–Crippen MR) is 86.9 cm³/mol. The molecular weight excluding hydrogens is 296 g/mol. The lowest BCUT2D eigenvalue weighted by Gasteiger charge is -2.15. The van der Waals surface area contributed by atoms with E-state index in [9.17, 15) is 9.90 Å². The highest BCUT2D eigenvalue weighted by molar-refractivity contribution is 5.90. The second kappa shape index (κ2) is 7.54. The van der Waals surface area contributed by atoms with Gasteiger partial charge in [0.2, 0.25) is 0 Å². The van der Waals surface area contributed by atoms with Crippen LogP contribution in [0.15, 0.2) is 36.4 Å². The van der Waals surface area contributed by atoms with E-state index in [0.717, 1.165) is 11.3 Å². The molecule has 0 aliphatic heterocycles. The van der Waals surface area contributed by atoms with Crippen molar-refractivity contribution < 1.29 is 24.1 Å². The Morgan fingerprint density at radius 1 is 1.00 bits per heavy atom. The molecule has 2 aromatic carbocycles. The zero-order valence-corrected chi connectivity index (χ0v) is 13.5. The van der Waals surface area contributed by atoms with E-state index in [-0.39, 0.29) is 5.56 Å². The van der Waals surface area contributed by atoms with Gasteiger partial charge in [-0.25, -0.2) is 4.79 Å². The third-order valence-corrected chi connectivity index (χ3v) is 3.68. The third-order valence-electron chi connectivity index (χ3n) is 3.68. The van der Waals surface area contributed by atoms with Crippen molar-refractivity contribution >= 4 is 5.97 Å². The van der Waals surface area contributed by atoms with E-state index < -0.39 is 5.97 Å². The van der Waals surface area contributed by atoms with E-state index in [0.29, 0.717) is 29.9 Å². The Morgan fingerprint density at radius 2 is 1.78 bits per heavy atom. The average Bonchev–Trinajstić information content (AvgIpc) is 2.58. The first kappa shape index (κ1) is 16.7. The van der Waals surface area contributed by atoms with Crippen LogP contribution < -0.4 is 14.2 Å². The van der Waals surface area contributed by atoms with Crippen molar-refractivity contribution in [3.05, 3.63) is 53.1 Å². The first-order chi connectivity index (χ1) is 11.1. The molecule has 23 heavy (non-hydrogen) atoms. The minimum Gasteiger partial charge on any atom is -0.497 e. The van der Waals surface area contributed by atoms with Gasteiger partial charge in [0.1, 0.15) is 5.75 Å². The maximum absolute atomic E-state index is 11.5. The van der Waals surface area contributed by atoms with Gasteiger partial charge in [-0.05, 0) is 42.7 Å². The van der Waals surface area contributed by atoms with E-state index in [1.807, 2.05) is 24.3 Å². The molecule has 2 rings (SSSR count). The van der Waals surface area contributed by atoms with Crippen molar-refractivity contribution in [2.75, 3.05) is 21.3 Å². The predicted octanol–water partition coefficient (Wildman–Crippen LogP) is 3.20. The van der Waals surface area contributed by atoms with Crippen molar-refractivity contribution in [3.63, 3.8) is 0 Å². The molecular formula is C18H20O5. The van der Waals surface area contributed by atoms with Crippen molar-refractivity contribution in [1.82, 2.24) is 0 Å². The minimum atomic E-state index is -0.980. The molecule has 0 heterocycles. The van der Waals surface area contributed by atoms with Crippen LogP contribution >= 0.6 is 0 Å². The van der Waals surface area contributed by atoms with Crippen LogP contribution in [-0.2, 0) is 12.8 Å². The lowest BCUT2D eigenvalue weighted by Crippen LogP contribution is -2.07. The first-order valence-corrected chi connectivity index (χ1v) is 7.20. The second-order valence-electron chi connectivity index (χ2n) is 4.98. The summed E-state index contributed by atoms with van der Waals surface area (Å²) in [6.45, 7) is 0. The number of aryl methyl sites for hydroxylation is 1. The van der Waals surface area contributed by atoms with Gasteiger partial charge in [0, 0.05) is 5.56 Å². The number of benzene rings is 2. The Labute approximate surface area is 135 Å². The fourth-order valence-corrected chi connectivity index (χ4v) is 2.54. The van der Waals surface area contributed by atoms with Gasteiger partial charge in [0.05, 0.1) is 26.9 Å². The molecule has 1 N–H and O–H groups in total. The fraction of sp³-hybridized carbons (Fsp3) is 0.278. The molecule has 0 radical (unpaired) electrons. The van der Waals surface area contributed by atoms with Crippen LogP contribution in [-0.4, -0.2) is 32.4 Å². The highest BCUT2D eigenvalue weighted by atomic mass is 16.5. The maximum atomic E-state index is 11.5. The second-order valence-corrected chi connectivity index (χ2v) is 4.98. The molecule has 0 aliphatic rings. The van der Waals surface area contributed by atoms with Crippen molar-refractivity contribution in [3.8, 4) is 17.2 Å². The zero-order valence-electron chi connectivity index (χ0n) is 13.5. The van der Waals surface area contributed by atoms with Gasteiger partial charge in [0.15, 0.2) is 11.5 Å². The van der Waals surface area contributed by atoms with Gasteiger partial charge >= 0.3 is 5.97 Å². The molecule has 0 atom stereocenters. The Hall–Kier alpha value is -2.69. The summed E-state index contributed by atoms with van der Waals surface area (Å²) in [7, 11) is 4.66. The summed E-state index contributed by atoms with van der Waals surface area (Å²) < 4.78 is 15.9. The highest BCUT2D eigenvalue weighted by Gasteiger charge is 2.19. The number of hydrogen-bond acceptors (Lipinski definition) is 4. The number of carboxylic acid groups (broad SMARTS) is 1. The van der Waals surface area contributed by atoms with E-state index in [2.05, 4.69) is 0 Å². The summed E-state index contributed by atoms with van der Waals surface area (Å²) in [5.41, 5.74) is 1.92. The molecule has 0 amide bonds. The van der Waals surface area contributed by atoms with Crippen LogP contribution in [0.1, 0.15) is 21.5 Å². The molecule has 5 nitrogen and oxygen atoms in total. The van der Waals surface area contributed by atoms with Crippen molar-refractivity contribution in [2.24, 2.45) is 0 Å². The lowest BCUT2D eigenvalue weighted by molar-refractivity contribution is 0.0695. The van der Waals surface area contributed by atoms with Crippen LogP contribution in [0.3, 0.4) is 0 Å². The van der Waals surface area contributed by atoms with E-state index in [1.54, 1.807) is 19.2 Å². The Bertz CT molecular complexity index is 694. The summed E-state index contributed by atoms with van der Waals surface area (Å²) in [5.74, 6) is 0.790. The Morgan fingerprint density at radius 3 is 2.39 bits per heavy atom. The van der Waals surface area contributed by atoms with E-state index >= 15 is 0 Å². The monoisotopic (exact) mass is 316 g/mol. The summed E-state index contributed by atoms with van der Waals surface area (Å²) >= 11 is 0. The van der Waals surface area contributed by atoms with Gasteiger partial charge in [-0.1, -0.05) is 12.1 Å². The Kier molecular flexibility index (Phi) is 5.46. The lowest BCUT2D eigenvalue weighted by atomic mass is 9.98. The van der Waals surface area contributed by atoms with Crippen molar-refractivity contribution in [2.45, 2.75) is 12.8 Å². The number of methoxy groups -OCH3 is 3. The third kappa shape index (κ3) is 3.74. The van der Waals surface area contributed by atoms with Crippen LogP contribution in [0.4, 0.5) is 0 Å². The number of ether oxygens (including phenoxy) is 3. The normalized spacial score (nSPS) is 10.2. The molecule has 0 spiro atoms. The van der Waals surface area contributed by atoms with Gasteiger partial charge < -0.3 is 19.3 Å². The standard InChI is InChI=1S/C18H20O5/c1-21-13-6-4-5-12(11-13)7-8-14-15(18(19)20)9-10-16(22-2)17(14)23-3/h4-6,9-11H,7-8H2,1-3H3,(H,19,20). The summed E-state index contributed by atoms with van der Waals surface area (Å²) in [6.07, 6.45) is 1.19. The topological polar surface area (TPSA) is 65.0 Å². The van der Waals surface area contributed by atoms with E-state index in [4.69, 9.17) is 14.2 Å². The molecule has 0 bridgehead atoms. The zero-order chi connectivity index (χ0) is 16.8. The molecule has 2 aromatic rings. The number of carbonyl (C=O) groups is 1. The Balaban J connectivity index is 2.34. The molecule has 0 aromatic heterocycles. The maximum Gasteiger partial charge on any atom is 0.336 e. The molecule has 5 heteroatoms. The van der Waals surface area contributed by atoms with Crippen LogP contribution in [0, 0.1) is 0 Å². The first-order valence-electron chi connectivity index (χ1n) is 7.20. The van der Waals surface area contributed by atoms with Crippen LogP contribution in [0.25, 0.3) is 0 Å². The van der Waals surface area contributed by atoms with E-state index in [1.165, 1.54) is 14.2 Å². The van der Waals surface area contributed by atoms with Gasteiger partial charge in [-0.2, -0.15) is 0 Å². The molecule has 0 saturated carbocycles. The van der Waals surface area contributed by atoms with Crippen LogP contribution in [0.5, 0.6) is 17.2 Å². The van der Waals surface area contributed by atoms with Crippen LogP contribution in [0.2, 0.25) is 0 Å². The summed E-state index contributed by atoms with van der Waals surface area (Å²) in [5, 5.41) is 9.41.